The zero-order valence-corrected chi connectivity index (χ0v) is 15.5. The molecule has 0 aliphatic carbocycles. The van der Waals surface area contributed by atoms with Crippen LogP contribution in [0, 0.1) is 0 Å². The number of ether oxygens (including phenoxy) is 1. The summed E-state index contributed by atoms with van der Waals surface area (Å²) in [6.45, 7) is 0. The van der Waals surface area contributed by atoms with Crippen LogP contribution in [-0.2, 0) is 9.84 Å². The highest BCUT2D eigenvalue weighted by molar-refractivity contribution is 7.91. The number of para-hydroxylation sites is 1. The Labute approximate surface area is 158 Å². The third-order valence-corrected chi connectivity index (χ3v) is 6.24. The summed E-state index contributed by atoms with van der Waals surface area (Å²) in [6, 6.07) is 23.3. The smallest absolute Gasteiger partial charge is 0.208 e. The number of hydrogen-bond donors (Lipinski definition) is 0. The number of pyridine rings is 1. The van der Waals surface area contributed by atoms with Gasteiger partial charge in [-0.05, 0) is 35.9 Å². The van der Waals surface area contributed by atoms with E-state index in [1.165, 1.54) is 6.20 Å². The van der Waals surface area contributed by atoms with Gasteiger partial charge in [-0.3, -0.25) is 4.98 Å². The Hall–Kier alpha value is -3.18. The molecule has 0 spiro atoms. The first-order valence-electron chi connectivity index (χ1n) is 8.43. The first-order valence-corrected chi connectivity index (χ1v) is 9.92. The fourth-order valence-electron chi connectivity index (χ4n) is 3.11. The number of fused-ring (bicyclic) bond motifs is 1. The van der Waals surface area contributed by atoms with Crippen molar-refractivity contribution < 1.29 is 13.2 Å². The van der Waals surface area contributed by atoms with E-state index in [-0.39, 0.29) is 9.79 Å². The van der Waals surface area contributed by atoms with Crippen molar-refractivity contribution >= 4 is 20.7 Å². The maximum atomic E-state index is 13.3. The lowest BCUT2D eigenvalue weighted by atomic mass is 10.0. The van der Waals surface area contributed by atoms with E-state index >= 15 is 0 Å². The molecular formula is C22H17NO3S. The van der Waals surface area contributed by atoms with Crippen molar-refractivity contribution in [1.29, 1.82) is 0 Å². The molecule has 0 atom stereocenters. The summed E-state index contributed by atoms with van der Waals surface area (Å²) in [6.07, 6.45) is 1.45. The number of aromatic nitrogens is 1. The van der Waals surface area contributed by atoms with Crippen molar-refractivity contribution in [2.45, 2.75) is 9.79 Å². The summed E-state index contributed by atoms with van der Waals surface area (Å²) < 4.78 is 31.9. The molecule has 3 aromatic carbocycles. The molecule has 1 heterocycles. The summed E-state index contributed by atoms with van der Waals surface area (Å²) in [5.41, 5.74) is 2.19. The minimum Gasteiger partial charge on any atom is -0.497 e. The first-order chi connectivity index (χ1) is 13.1. The highest BCUT2D eigenvalue weighted by Crippen LogP contribution is 2.36. The first kappa shape index (κ1) is 17.2. The molecule has 0 aliphatic rings. The van der Waals surface area contributed by atoms with Crippen molar-refractivity contribution in [3.63, 3.8) is 0 Å². The Morgan fingerprint density at radius 1 is 0.815 bits per heavy atom. The highest BCUT2D eigenvalue weighted by atomic mass is 32.2. The molecule has 4 nitrogen and oxygen atoms in total. The predicted molar refractivity (Wildman–Crippen MR) is 106 cm³/mol. The molecule has 0 saturated heterocycles. The van der Waals surface area contributed by atoms with Crippen molar-refractivity contribution in [2.75, 3.05) is 7.11 Å². The lowest BCUT2D eigenvalue weighted by Crippen LogP contribution is -2.05. The van der Waals surface area contributed by atoms with Crippen molar-refractivity contribution in [2.24, 2.45) is 0 Å². The quantitative estimate of drug-likeness (QED) is 0.517. The molecule has 4 rings (SSSR count). The van der Waals surface area contributed by atoms with Crippen LogP contribution in [0.2, 0.25) is 0 Å². The van der Waals surface area contributed by atoms with Crippen molar-refractivity contribution in [3.05, 3.63) is 85.1 Å². The van der Waals surface area contributed by atoms with Gasteiger partial charge in [-0.2, -0.15) is 0 Å². The van der Waals surface area contributed by atoms with Gasteiger partial charge < -0.3 is 4.74 Å². The molecule has 0 amide bonds. The van der Waals surface area contributed by atoms with E-state index in [4.69, 9.17) is 4.74 Å². The fourth-order valence-corrected chi connectivity index (χ4v) is 4.57. The van der Waals surface area contributed by atoms with E-state index in [1.54, 1.807) is 37.4 Å². The van der Waals surface area contributed by atoms with Crippen LogP contribution in [0.15, 0.2) is 94.9 Å². The Kier molecular flexibility index (Phi) is 4.38. The maximum Gasteiger partial charge on any atom is 0.208 e. The van der Waals surface area contributed by atoms with Gasteiger partial charge in [-0.15, -0.1) is 0 Å². The molecule has 0 saturated carbocycles. The van der Waals surface area contributed by atoms with E-state index in [2.05, 4.69) is 4.98 Å². The summed E-state index contributed by atoms with van der Waals surface area (Å²) in [4.78, 5) is 4.83. The zero-order valence-electron chi connectivity index (χ0n) is 14.7. The summed E-state index contributed by atoms with van der Waals surface area (Å²) in [7, 11) is -2.12. The maximum absolute atomic E-state index is 13.3. The van der Waals surface area contributed by atoms with Gasteiger partial charge in [0.1, 0.15) is 5.75 Å². The zero-order chi connectivity index (χ0) is 18.9. The molecular weight excluding hydrogens is 358 g/mol. The van der Waals surface area contributed by atoms with Gasteiger partial charge in [0.15, 0.2) is 0 Å². The summed E-state index contributed by atoms with van der Waals surface area (Å²) in [5.74, 6) is 0.713. The number of rotatable bonds is 4. The van der Waals surface area contributed by atoms with Gasteiger partial charge in [0.2, 0.25) is 9.84 Å². The third kappa shape index (κ3) is 3.06. The molecule has 1 aromatic heterocycles. The molecule has 0 radical (unpaired) electrons. The number of nitrogens with zero attached hydrogens (tertiary/aromatic N) is 1. The number of benzene rings is 3. The van der Waals surface area contributed by atoms with Crippen LogP contribution in [0.25, 0.3) is 22.0 Å². The number of methoxy groups -OCH3 is 1. The third-order valence-electron chi connectivity index (χ3n) is 4.46. The van der Waals surface area contributed by atoms with E-state index in [9.17, 15) is 8.42 Å². The van der Waals surface area contributed by atoms with Gasteiger partial charge in [0.05, 0.1) is 22.4 Å². The molecule has 134 valence electrons. The van der Waals surface area contributed by atoms with E-state index in [0.29, 0.717) is 11.3 Å². The van der Waals surface area contributed by atoms with Crippen LogP contribution in [0.3, 0.4) is 0 Å². The Balaban J connectivity index is 2.04. The van der Waals surface area contributed by atoms with Crippen LogP contribution < -0.4 is 4.74 Å². The van der Waals surface area contributed by atoms with Crippen LogP contribution >= 0.6 is 0 Å². The molecule has 4 aromatic rings. The lowest BCUT2D eigenvalue weighted by molar-refractivity contribution is 0.415. The molecule has 0 aliphatic heterocycles. The lowest BCUT2D eigenvalue weighted by Gasteiger charge is -2.14. The molecule has 27 heavy (non-hydrogen) atoms. The summed E-state index contributed by atoms with van der Waals surface area (Å²) >= 11 is 0. The normalized spacial score (nSPS) is 11.4. The topological polar surface area (TPSA) is 56.3 Å². The van der Waals surface area contributed by atoms with E-state index in [0.717, 1.165) is 16.5 Å². The summed E-state index contributed by atoms with van der Waals surface area (Å²) in [5, 5.41) is 0.791. The molecule has 0 bridgehead atoms. The van der Waals surface area contributed by atoms with Crippen LogP contribution in [0.5, 0.6) is 5.75 Å². The Morgan fingerprint density at radius 3 is 2.19 bits per heavy atom. The monoisotopic (exact) mass is 375 g/mol. The second kappa shape index (κ2) is 6.85. The minimum atomic E-state index is -3.72. The van der Waals surface area contributed by atoms with Crippen LogP contribution in [0.1, 0.15) is 0 Å². The SMILES string of the molecule is COc1ccc(-c2c(S(=O)(=O)c3ccccc3)cnc3ccccc23)cc1. The van der Waals surface area contributed by atoms with Gasteiger partial charge in [-0.1, -0.05) is 48.5 Å². The molecule has 5 heteroatoms. The molecule has 0 unspecified atom stereocenters. The Bertz CT molecular complexity index is 1200. The minimum absolute atomic E-state index is 0.192. The van der Waals surface area contributed by atoms with Crippen LogP contribution in [-0.4, -0.2) is 20.5 Å². The van der Waals surface area contributed by atoms with Gasteiger partial charge in [0.25, 0.3) is 0 Å². The predicted octanol–water partition coefficient (Wildman–Crippen LogP) is 4.74. The average molecular weight is 375 g/mol. The van der Waals surface area contributed by atoms with Crippen molar-refractivity contribution in [3.8, 4) is 16.9 Å². The van der Waals surface area contributed by atoms with E-state index < -0.39 is 9.84 Å². The van der Waals surface area contributed by atoms with Gasteiger partial charge >= 0.3 is 0 Å². The van der Waals surface area contributed by atoms with Crippen LogP contribution in [0.4, 0.5) is 0 Å². The van der Waals surface area contributed by atoms with Crippen molar-refractivity contribution in [1.82, 2.24) is 4.98 Å². The average Bonchev–Trinajstić information content (AvgIpc) is 2.73. The fraction of sp³-hybridized carbons (Fsp3) is 0.0455. The van der Waals surface area contributed by atoms with E-state index in [1.807, 2.05) is 48.5 Å². The standard InChI is InChI=1S/C22H17NO3S/c1-26-17-13-11-16(12-14-17)22-19-9-5-6-10-20(19)23-15-21(22)27(24,25)18-7-3-2-4-8-18/h2-15H,1H3. The number of hydrogen-bond acceptors (Lipinski definition) is 4. The second-order valence-corrected chi connectivity index (χ2v) is 7.98. The van der Waals surface area contributed by atoms with Gasteiger partial charge in [0, 0.05) is 17.1 Å². The Morgan fingerprint density at radius 2 is 1.48 bits per heavy atom. The molecule has 0 N–H and O–H groups in total. The second-order valence-electron chi connectivity index (χ2n) is 6.06. The highest BCUT2D eigenvalue weighted by Gasteiger charge is 2.24. The molecule has 0 fully saturated rings. The number of sulfone groups is 1. The van der Waals surface area contributed by atoms with Gasteiger partial charge in [-0.25, -0.2) is 8.42 Å². The largest absolute Gasteiger partial charge is 0.497 e.